The lowest BCUT2D eigenvalue weighted by Gasteiger charge is -2.17. The van der Waals surface area contributed by atoms with E-state index in [-0.39, 0.29) is 17.7 Å². The fourth-order valence-electron chi connectivity index (χ4n) is 2.48. The van der Waals surface area contributed by atoms with Crippen molar-refractivity contribution in [3.05, 3.63) is 29.8 Å². The van der Waals surface area contributed by atoms with Crippen molar-refractivity contribution >= 4 is 5.91 Å². The number of amides is 1. The first-order valence-corrected chi connectivity index (χ1v) is 6.06. The van der Waals surface area contributed by atoms with E-state index >= 15 is 0 Å². The number of phenolic OH excluding ortho intramolecular Hbond substituents is 1. The molecule has 17 heavy (non-hydrogen) atoms. The van der Waals surface area contributed by atoms with Crippen LogP contribution in [0.1, 0.15) is 43.5 Å². The summed E-state index contributed by atoms with van der Waals surface area (Å²) >= 11 is 0. The molecule has 3 nitrogen and oxygen atoms in total. The summed E-state index contributed by atoms with van der Waals surface area (Å²) in [4.78, 5) is 11.9. The summed E-state index contributed by atoms with van der Waals surface area (Å²) in [5.41, 5.74) is 0.853. The third kappa shape index (κ3) is 2.99. The topological polar surface area (TPSA) is 49.3 Å². The number of hydrogen-bond acceptors (Lipinski definition) is 2. The molecule has 3 heteroatoms. The van der Waals surface area contributed by atoms with Gasteiger partial charge >= 0.3 is 0 Å². The fourth-order valence-corrected chi connectivity index (χ4v) is 2.48. The minimum Gasteiger partial charge on any atom is -0.508 e. The number of phenols is 1. The molecule has 1 saturated carbocycles. The number of carbonyl (C=O) groups excluding carboxylic acids is 1. The maximum atomic E-state index is 11.9. The van der Waals surface area contributed by atoms with Gasteiger partial charge in [0, 0.05) is 11.6 Å². The minimum absolute atomic E-state index is 0.0939. The second kappa shape index (κ2) is 4.40. The molecule has 1 unspecified atom stereocenters. The van der Waals surface area contributed by atoms with Crippen molar-refractivity contribution in [3.63, 3.8) is 0 Å². The van der Waals surface area contributed by atoms with Crippen LogP contribution in [0.2, 0.25) is 0 Å². The molecule has 92 valence electrons. The smallest absolute Gasteiger partial charge is 0.251 e. The van der Waals surface area contributed by atoms with E-state index in [1.54, 1.807) is 18.2 Å². The summed E-state index contributed by atoms with van der Waals surface area (Å²) in [6.45, 7) is 4.46. The normalized spacial score (nSPS) is 22.4. The Morgan fingerprint density at radius 3 is 2.82 bits per heavy atom. The molecule has 0 aliphatic heterocycles. The molecule has 0 aromatic heterocycles. The molecule has 1 fully saturated rings. The quantitative estimate of drug-likeness (QED) is 0.825. The zero-order valence-corrected chi connectivity index (χ0v) is 10.4. The van der Waals surface area contributed by atoms with Gasteiger partial charge in [0.1, 0.15) is 5.75 Å². The van der Waals surface area contributed by atoms with Crippen molar-refractivity contribution in [3.8, 4) is 5.75 Å². The number of aromatic hydroxyl groups is 1. The van der Waals surface area contributed by atoms with Gasteiger partial charge in [0.25, 0.3) is 5.91 Å². The van der Waals surface area contributed by atoms with Gasteiger partial charge in [-0.2, -0.15) is 0 Å². The van der Waals surface area contributed by atoms with E-state index in [0.717, 1.165) is 19.3 Å². The lowest BCUT2D eigenvalue weighted by Crippen LogP contribution is -2.33. The van der Waals surface area contributed by atoms with Crippen LogP contribution in [0.5, 0.6) is 5.75 Å². The standard InChI is InChI=1S/C14H19NO2/c1-14(2)7-6-11(9-14)15-13(17)10-4-3-5-12(16)8-10/h3-5,8,11,16H,6-7,9H2,1-2H3,(H,15,17). The van der Waals surface area contributed by atoms with Crippen LogP contribution < -0.4 is 5.32 Å². The highest BCUT2D eigenvalue weighted by Gasteiger charge is 2.31. The summed E-state index contributed by atoms with van der Waals surface area (Å²) in [5.74, 6) is 0.0352. The van der Waals surface area contributed by atoms with Crippen molar-refractivity contribution < 1.29 is 9.90 Å². The van der Waals surface area contributed by atoms with Crippen LogP contribution in [-0.4, -0.2) is 17.1 Å². The second-order valence-corrected chi connectivity index (χ2v) is 5.63. The third-order valence-electron chi connectivity index (χ3n) is 3.41. The van der Waals surface area contributed by atoms with E-state index in [0.29, 0.717) is 11.0 Å². The number of rotatable bonds is 2. The molecule has 0 bridgehead atoms. The lowest BCUT2D eigenvalue weighted by atomic mass is 9.92. The van der Waals surface area contributed by atoms with Gasteiger partial charge in [-0.1, -0.05) is 19.9 Å². The average Bonchev–Trinajstić information content (AvgIpc) is 2.58. The molecule has 1 atom stereocenters. The number of nitrogens with one attached hydrogen (secondary N) is 1. The monoisotopic (exact) mass is 233 g/mol. The molecule has 2 N–H and O–H groups in total. The maximum absolute atomic E-state index is 11.9. The van der Waals surface area contributed by atoms with Crippen LogP contribution in [0.3, 0.4) is 0 Å². The highest BCUT2D eigenvalue weighted by atomic mass is 16.3. The van der Waals surface area contributed by atoms with Crippen molar-refractivity contribution in [2.75, 3.05) is 0 Å². The summed E-state index contributed by atoms with van der Waals surface area (Å²) in [6, 6.07) is 6.72. The Balaban J connectivity index is 1.98. The molecule has 1 aliphatic carbocycles. The Labute approximate surface area is 102 Å². The maximum Gasteiger partial charge on any atom is 0.251 e. The van der Waals surface area contributed by atoms with Crippen molar-refractivity contribution in [2.45, 2.75) is 39.2 Å². The van der Waals surface area contributed by atoms with E-state index in [1.165, 1.54) is 6.07 Å². The SMILES string of the molecule is CC1(C)CCC(NC(=O)c2cccc(O)c2)C1. The highest BCUT2D eigenvalue weighted by molar-refractivity contribution is 5.94. The van der Waals surface area contributed by atoms with Crippen molar-refractivity contribution in [1.82, 2.24) is 5.32 Å². The van der Waals surface area contributed by atoms with E-state index in [2.05, 4.69) is 19.2 Å². The van der Waals surface area contributed by atoms with E-state index in [9.17, 15) is 9.90 Å². The van der Waals surface area contributed by atoms with Gasteiger partial charge < -0.3 is 10.4 Å². The molecule has 1 aromatic rings. The van der Waals surface area contributed by atoms with Crippen LogP contribution in [0.15, 0.2) is 24.3 Å². The predicted octanol–water partition coefficient (Wildman–Crippen LogP) is 2.70. The molecule has 1 amide bonds. The van der Waals surface area contributed by atoms with Crippen LogP contribution in [-0.2, 0) is 0 Å². The Morgan fingerprint density at radius 2 is 2.24 bits per heavy atom. The Kier molecular flexibility index (Phi) is 3.09. The van der Waals surface area contributed by atoms with Gasteiger partial charge in [-0.15, -0.1) is 0 Å². The van der Waals surface area contributed by atoms with Crippen molar-refractivity contribution in [2.24, 2.45) is 5.41 Å². The first kappa shape index (κ1) is 12.0. The Morgan fingerprint density at radius 1 is 1.47 bits per heavy atom. The predicted molar refractivity (Wildman–Crippen MR) is 67.0 cm³/mol. The second-order valence-electron chi connectivity index (χ2n) is 5.63. The van der Waals surface area contributed by atoms with Gasteiger partial charge in [-0.05, 0) is 42.9 Å². The van der Waals surface area contributed by atoms with Gasteiger partial charge in [0.05, 0.1) is 0 Å². The van der Waals surface area contributed by atoms with Crippen LogP contribution >= 0.6 is 0 Å². The van der Waals surface area contributed by atoms with E-state index in [4.69, 9.17) is 0 Å². The zero-order chi connectivity index (χ0) is 12.5. The average molecular weight is 233 g/mol. The third-order valence-corrected chi connectivity index (χ3v) is 3.41. The van der Waals surface area contributed by atoms with Crippen LogP contribution in [0.4, 0.5) is 0 Å². The van der Waals surface area contributed by atoms with E-state index < -0.39 is 0 Å². The first-order chi connectivity index (χ1) is 7.96. The summed E-state index contributed by atoms with van der Waals surface area (Å²) < 4.78 is 0. The summed E-state index contributed by atoms with van der Waals surface area (Å²) in [6.07, 6.45) is 3.22. The van der Waals surface area contributed by atoms with Gasteiger partial charge in [-0.3, -0.25) is 4.79 Å². The highest BCUT2D eigenvalue weighted by Crippen LogP contribution is 2.36. The largest absolute Gasteiger partial charge is 0.508 e. The molecular formula is C14H19NO2. The van der Waals surface area contributed by atoms with E-state index in [1.807, 2.05) is 0 Å². The minimum atomic E-state index is -0.0939. The molecule has 1 aromatic carbocycles. The van der Waals surface area contributed by atoms with Crippen LogP contribution in [0, 0.1) is 5.41 Å². The zero-order valence-electron chi connectivity index (χ0n) is 10.4. The fraction of sp³-hybridized carbons (Fsp3) is 0.500. The Bertz CT molecular complexity index is 426. The van der Waals surface area contributed by atoms with Gasteiger partial charge in [-0.25, -0.2) is 0 Å². The molecule has 2 rings (SSSR count). The summed E-state index contributed by atoms with van der Waals surface area (Å²) in [5, 5.41) is 12.4. The van der Waals surface area contributed by atoms with Gasteiger partial charge in [0.15, 0.2) is 0 Å². The molecule has 0 heterocycles. The van der Waals surface area contributed by atoms with Crippen LogP contribution in [0.25, 0.3) is 0 Å². The molecule has 0 radical (unpaired) electrons. The molecule has 1 aliphatic rings. The lowest BCUT2D eigenvalue weighted by molar-refractivity contribution is 0.0935. The molecular weight excluding hydrogens is 214 g/mol. The number of carbonyl (C=O) groups is 1. The van der Waals surface area contributed by atoms with Gasteiger partial charge in [0.2, 0.25) is 0 Å². The summed E-state index contributed by atoms with van der Waals surface area (Å²) in [7, 11) is 0. The molecule has 0 saturated heterocycles. The Hall–Kier alpha value is -1.51. The number of hydrogen-bond donors (Lipinski definition) is 2. The molecule has 0 spiro atoms. The number of benzene rings is 1. The van der Waals surface area contributed by atoms with Crippen molar-refractivity contribution in [1.29, 1.82) is 0 Å². The first-order valence-electron chi connectivity index (χ1n) is 6.06.